The van der Waals surface area contributed by atoms with Crippen LogP contribution in [-0.2, 0) is 0 Å². The van der Waals surface area contributed by atoms with Crippen molar-refractivity contribution in [2.75, 3.05) is 12.3 Å². The molecule has 0 aliphatic heterocycles. The van der Waals surface area contributed by atoms with Crippen LogP contribution >= 0.6 is 0 Å². The molecule has 0 saturated heterocycles. The number of hydrogen-bond acceptors (Lipinski definition) is 4. The van der Waals surface area contributed by atoms with Crippen molar-refractivity contribution in [3.8, 4) is 11.7 Å². The lowest BCUT2D eigenvalue weighted by molar-refractivity contribution is 0.307. The van der Waals surface area contributed by atoms with Crippen molar-refractivity contribution in [2.24, 2.45) is 0 Å². The van der Waals surface area contributed by atoms with E-state index in [4.69, 9.17) is 10.5 Å². The summed E-state index contributed by atoms with van der Waals surface area (Å²) in [7, 11) is 0. The van der Waals surface area contributed by atoms with Crippen LogP contribution in [0.1, 0.15) is 37.8 Å². The summed E-state index contributed by atoms with van der Waals surface area (Å²) in [4.78, 5) is 4.43. The molecule has 3 rings (SSSR count). The van der Waals surface area contributed by atoms with Crippen molar-refractivity contribution < 1.29 is 4.74 Å². The Hall–Kier alpha value is -2.04. The Morgan fingerprint density at radius 2 is 2.21 bits per heavy atom. The van der Waals surface area contributed by atoms with Crippen LogP contribution in [-0.4, -0.2) is 21.4 Å². The molecule has 2 aromatic heterocycles. The van der Waals surface area contributed by atoms with Crippen LogP contribution < -0.4 is 10.5 Å². The minimum Gasteiger partial charge on any atom is -0.476 e. The fourth-order valence-electron chi connectivity index (χ4n) is 1.95. The minimum absolute atomic E-state index is 0.489. The second-order valence-corrected chi connectivity index (χ2v) is 4.87. The van der Waals surface area contributed by atoms with Crippen LogP contribution in [0.4, 0.5) is 5.69 Å². The van der Waals surface area contributed by atoms with Gasteiger partial charge in [-0.2, -0.15) is 10.1 Å². The van der Waals surface area contributed by atoms with E-state index in [0.717, 1.165) is 17.9 Å². The molecule has 1 saturated carbocycles. The molecule has 5 nitrogen and oxygen atoms in total. The van der Waals surface area contributed by atoms with Gasteiger partial charge >= 0.3 is 0 Å². The van der Waals surface area contributed by atoms with E-state index >= 15 is 0 Å². The molecule has 0 aromatic carbocycles. The van der Waals surface area contributed by atoms with Gasteiger partial charge in [0.2, 0.25) is 5.88 Å². The molecule has 1 aliphatic carbocycles. The lowest BCUT2D eigenvalue weighted by Crippen LogP contribution is -2.05. The molecule has 0 radical (unpaired) electrons. The third kappa shape index (κ3) is 2.54. The van der Waals surface area contributed by atoms with E-state index in [0.29, 0.717) is 24.1 Å². The molecular weight excluding hydrogens is 240 g/mol. The number of anilines is 1. The first-order valence-corrected chi connectivity index (χ1v) is 6.73. The standard InChI is InChI=1S/C14H18N4O/c1-2-9-19-14-11(15)5-6-13(16-14)18-8-7-12(17-18)10-3-4-10/h5-8,10H,2-4,9,15H2,1H3. The van der Waals surface area contributed by atoms with E-state index in [1.54, 1.807) is 4.68 Å². The predicted octanol–water partition coefficient (Wildman–Crippen LogP) is 2.52. The van der Waals surface area contributed by atoms with E-state index < -0.39 is 0 Å². The van der Waals surface area contributed by atoms with Crippen LogP contribution in [0, 0.1) is 0 Å². The van der Waals surface area contributed by atoms with E-state index in [1.165, 1.54) is 12.8 Å². The number of nitrogen functional groups attached to an aromatic ring is 1. The highest BCUT2D eigenvalue weighted by molar-refractivity contribution is 5.50. The molecule has 100 valence electrons. The summed E-state index contributed by atoms with van der Waals surface area (Å²) in [5, 5.41) is 4.55. The first-order chi connectivity index (χ1) is 9.28. The van der Waals surface area contributed by atoms with E-state index in [9.17, 15) is 0 Å². The molecule has 5 heteroatoms. The third-order valence-corrected chi connectivity index (χ3v) is 3.16. The molecule has 0 amide bonds. The molecule has 0 bridgehead atoms. The Morgan fingerprint density at radius 3 is 2.95 bits per heavy atom. The largest absolute Gasteiger partial charge is 0.476 e. The fourth-order valence-corrected chi connectivity index (χ4v) is 1.95. The lowest BCUT2D eigenvalue weighted by atomic mass is 10.3. The van der Waals surface area contributed by atoms with Crippen LogP contribution in [0.3, 0.4) is 0 Å². The summed E-state index contributed by atoms with van der Waals surface area (Å²) < 4.78 is 7.32. The summed E-state index contributed by atoms with van der Waals surface area (Å²) >= 11 is 0. The Morgan fingerprint density at radius 1 is 1.37 bits per heavy atom. The number of nitrogens with zero attached hydrogens (tertiary/aromatic N) is 3. The highest BCUT2D eigenvalue weighted by Gasteiger charge is 2.26. The molecule has 0 spiro atoms. The summed E-state index contributed by atoms with van der Waals surface area (Å²) in [6, 6.07) is 5.73. The Labute approximate surface area is 112 Å². The Bertz CT molecular complexity index is 575. The number of ether oxygens (including phenoxy) is 1. The first-order valence-electron chi connectivity index (χ1n) is 6.73. The zero-order valence-electron chi connectivity index (χ0n) is 11.0. The summed E-state index contributed by atoms with van der Waals surface area (Å²) in [5.74, 6) is 1.88. The molecule has 2 aromatic rings. The van der Waals surface area contributed by atoms with Crippen molar-refractivity contribution in [2.45, 2.75) is 32.1 Å². The summed E-state index contributed by atoms with van der Waals surface area (Å²) in [5.41, 5.74) is 7.56. The Kier molecular flexibility index (Phi) is 3.11. The Balaban J connectivity index is 1.86. The molecule has 2 N–H and O–H groups in total. The molecule has 2 heterocycles. The number of rotatable bonds is 5. The van der Waals surface area contributed by atoms with Gasteiger partial charge in [0, 0.05) is 12.1 Å². The predicted molar refractivity (Wildman–Crippen MR) is 73.5 cm³/mol. The quantitative estimate of drug-likeness (QED) is 0.895. The third-order valence-electron chi connectivity index (χ3n) is 3.16. The maximum atomic E-state index is 5.85. The molecule has 1 fully saturated rings. The van der Waals surface area contributed by atoms with Gasteiger partial charge in [0.25, 0.3) is 0 Å². The normalized spacial score (nSPS) is 14.6. The van der Waals surface area contributed by atoms with Gasteiger partial charge in [-0.15, -0.1) is 0 Å². The van der Waals surface area contributed by atoms with E-state index in [2.05, 4.69) is 23.1 Å². The van der Waals surface area contributed by atoms with Crippen molar-refractivity contribution in [1.82, 2.24) is 14.8 Å². The van der Waals surface area contributed by atoms with Gasteiger partial charge in [0.05, 0.1) is 18.0 Å². The molecule has 0 atom stereocenters. The van der Waals surface area contributed by atoms with Gasteiger partial charge in [-0.05, 0) is 37.5 Å². The SMILES string of the molecule is CCCOc1nc(-n2ccc(C3CC3)n2)ccc1N. The van der Waals surface area contributed by atoms with Crippen LogP contribution in [0.5, 0.6) is 5.88 Å². The van der Waals surface area contributed by atoms with Gasteiger partial charge in [-0.1, -0.05) is 6.92 Å². The highest BCUT2D eigenvalue weighted by atomic mass is 16.5. The van der Waals surface area contributed by atoms with Gasteiger partial charge in [-0.3, -0.25) is 0 Å². The smallest absolute Gasteiger partial charge is 0.239 e. The number of hydrogen-bond donors (Lipinski definition) is 1. The highest BCUT2D eigenvalue weighted by Crippen LogP contribution is 2.39. The topological polar surface area (TPSA) is 66.0 Å². The van der Waals surface area contributed by atoms with Gasteiger partial charge in [0.15, 0.2) is 5.82 Å². The lowest BCUT2D eigenvalue weighted by Gasteiger charge is -2.08. The number of pyridine rings is 1. The molecule has 0 unspecified atom stereocenters. The maximum absolute atomic E-state index is 5.85. The van der Waals surface area contributed by atoms with Crippen molar-refractivity contribution in [3.63, 3.8) is 0 Å². The average molecular weight is 258 g/mol. The average Bonchev–Trinajstić information content (AvgIpc) is 3.16. The fraction of sp³-hybridized carbons (Fsp3) is 0.429. The molecular formula is C14H18N4O. The number of aromatic nitrogens is 3. The van der Waals surface area contributed by atoms with Crippen LogP contribution in [0.15, 0.2) is 24.4 Å². The van der Waals surface area contributed by atoms with Gasteiger partial charge in [-0.25, -0.2) is 4.68 Å². The molecule has 19 heavy (non-hydrogen) atoms. The minimum atomic E-state index is 0.489. The monoisotopic (exact) mass is 258 g/mol. The van der Waals surface area contributed by atoms with Crippen molar-refractivity contribution in [3.05, 3.63) is 30.1 Å². The van der Waals surface area contributed by atoms with E-state index in [-0.39, 0.29) is 0 Å². The second kappa shape index (κ2) is 4.91. The van der Waals surface area contributed by atoms with Crippen LogP contribution in [0.2, 0.25) is 0 Å². The first kappa shape index (κ1) is 12.0. The summed E-state index contributed by atoms with van der Waals surface area (Å²) in [6.07, 6.45) is 5.36. The van der Waals surface area contributed by atoms with Gasteiger partial charge < -0.3 is 10.5 Å². The van der Waals surface area contributed by atoms with Crippen molar-refractivity contribution in [1.29, 1.82) is 0 Å². The summed E-state index contributed by atoms with van der Waals surface area (Å²) in [6.45, 7) is 2.67. The van der Waals surface area contributed by atoms with Gasteiger partial charge in [0.1, 0.15) is 0 Å². The zero-order valence-corrected chi connectivity index (χ0v) is 11.0. The van der Waals surface area contributed by atoms with E-state index in [1.807, 2.05) is 18.3 Å². The second-order valence-electron chi connectivity index (χ2n) is 4.87. The number of nitrogens with two attached hydrogens (primary N) is 1. The maximum Gasteiger partial charge on any atom is 0.239 e. The van der Waals surface area contributed by atoms with Crippen LogP contribution in [0.25, 0.3) is 5.82 Å². The van der Waals surface area contributed by atoms with Crippen molar-refractivity contribution >= 4 is 5.69 Å². The zero-order chi connectivity index (χ0) is 13.2. The molecule has 1 aliphatic rings.